The summed E-state index contributed by atoms with van der Waals surface area (Å²) in [6.07, 6.45) is 0. The van der Waals surface area contributed by atoms with Gasteiger partial charge in [-0.2, -0.15) is 0 Å². The standard InChI is InChI=1S/C24H24N2O4/c1-2-29-16-17-30-20-14-12-18(13-15-20)23(27)26-22-11-7-6-10-21(22)24(28)25-19-8-4-3-5-9-19/h3-15H,2,16-17H2,1H3,(H,25,28)(H,26,27). The van der Waals surface area contributed by atoms with Gasteiger partial charge in [0.1, 0.15) is 12.4 Å². The molecule has 154 valence electrons. The SMILES string of the molecule is CCOCCOc1ccc(C(=O)Nc2ccccc2C(=O)Nc2ccccc2)cc1. The summed E-state index contributed by atoms with van der Waals surface area (Å²) < 4.78 is 10.8. The maximum atomic E-state index is 12.7. The normalized spacial score (nSPS) is 10.3. The first kappa shape index (κ1) is 21.1. The van der Waals surface area contributed by atoms with E-state index in [0.717, 1.165) is 0 Å². The van der Waals surface area contributed by atoms with E-state index >= 15 is 0 Å². The zero-order valence-electron chi connectivity index (χ0n) is 16.8. The van der Waals surface area contributed by atoms with Gasteiger partial charge >= 0.3 is 0 Å². The summed E-state index contributed by atoms with van der Waals surface area (Å²) in [6, 6.07) is 22.9. The molecule has 2 amide bonds. The number of carbonyl (C=O) groups excluding carboxylic acids is 2. The predicted molar refractivity (Wildman–Crippen MR) is 117 cm³/mol. The molecule has 0 bridgehead atoms. The highest BCUT2D eigenvalue weighted by Crippen LogP contribution is 2.19. The summed E-state index contributed by atoms with van der Waals surface area (Å²) in [5.74, 6) is 0.0554. The van der Waals surface area contributed by atoms with Crippen molar-refractivity contribution < 1.29 is 19.1 Å². The molecule has 0 unspecified atom stereocenters. The molecule has 3 aromatic carbocycles. The van der Waals surface area contributed by atoms with Gasteiger partial charge in [-0.1, -0.05) is 30.3 Å². The fourth-order valence-corrected chi connectivity index (χ4v) is 2.77. The van der Waals surface area contributed by atoms with Crippen molar-refractivity contribution in [1.29, 1.82) is 0 Å². The molecule has 0 aliphatic heterocycles. The minimum absolute atomic E-state index is 0.296. The number of ether oxygens (including phenoxy) is 2. The van der Waals surface area contributed by atoms with Crippen LogP contribution in [0.1, 0.15) is 27.6 Å². The third-order valence-corrected chi connectivity index (χ3v) is 4.27. The van der Waals surface area contributed by atoms with Crippen LogP contribution in [0.5, 0.6) is 5.75 Å². The van der Waals surface area contributed by atoms with Crippen molar-refractivity contribution in [3.05, 3.63) is 90.0 Å². The summed E-state index contributed by atoms with van der Waals surface area (Å²) in [5.41, 5.74) is 1.97. The van der Waals surface area contributed by atoms with Gasteiger partial charge in [-0.3, -0.25) is 9.59 Å². The Labute approximate surface area is 175 Å². The highest BCUT2D eigenvalue weighted by molar-refractivity contribution is 6.12. The van der Waals surface area contributed by atoms with Crippen LogP contribution in [0.15, 0.2) is 78.9 Å². The van der Waals surface area contributed by atoms with E-state index in [-0.39, 0.29) is 11.8 Å². The molecule has 2 N–H and O–H groups in total. The van der Waals surface area contributed by atoms with Gasteiger partial charge in [0.25, 0.3) is 11.8 Å². The van der Waals surface area contributed by atoms with Crippen LogP contribution in [0.4, 0.5) is 11.4 Å². The molecular weight excluding hydrogens is 380 g/mol. The second kappa shape index (κ2) is 10.8. The summed E-state index contributed by atoms with van der Waals surface area (Å²) in [4.78, 5) is 25.3. The molecule has 3 aromatic rings. The van der Waals surface area contributed by atoms with E-state index in [1.165, 1.54) is 0 Å². The molecule has 0 aromatic heterocycles. The average molecular weight is 404 g/mol. The average Bonchev–Trinajstić information content (AvgIpc) is 2.78. The summed E-state index contributed by atoms with van der Waals surface area (Å²) in [5, 5.41) is 5.64. The Kier molecular flexibility index (Phi) is 7.58. The minimum atomic E-state index is -0.309. The Morgan fingerprint density at radius 3 is 2.20 bits per heavy atom. The lowest BCUT2D eigenvalue weighted by Gasteiger charge is -2.12. The number of nitrogens with one attached hydrogen (secondary N) is 2. The van der Waals surface area contributed by atoms with Gasteiger partial charge in [-0.15, -0.1) is 0 Å². The predicted octanol–water partition coefficient (Wildman–Crippen LogP) is 4.61. The number of benzene rings is 3. The van der Waals surface area contributed by atoms with Crippen LogP contribution < -0.4 is 15.4 Å². The van der Waals surface area contributed by atoms with E-state index in [1.54, 1.807) is 60.7 Å². The third-order valence-electron chi connectivity index (χ3n) is 4.27. The minimum Gasteiger partial charge on any atom is -0.491 e. The fraction of sp³-hybridized carbons (Fsp3) is 0.167. The Morgan fingerprint density at radius 1 is 0.767 bits per heavy atom. The van der Waals surface area contributed by atoms with Crippen LogP contribution in [-0.4, -0.2) is 31.6 Å². The molecule has 6 nitrogen and oxygen atoms in total. The zero-order chi connectivity index (χ0) is 21.2. The van der Waals surface area contributed by atoms with Crippen LogP contribution in [0.3, 0.4) is 0 Å². The van der Waals surface area contributed by atoms with Crippen LogP contribution in [0.2, 0.25) is 0 Å². The van der Waals surface area contributed by atoms with Gasteiger partial charge < -0.3 is 20.1 Å². The zero-order valence-corrected chi connectivity index (χ0v) is 16.8. The van der Waals surface area contributed by atoms with E-state index in [2.05, 4.69) is 10.6 Å². The van der Waals surface area contributed by atoms with Crippen molar-refractivity contribution in [2.24, 2.45) is 0 Å². The van der Waals surface area contributed by atoms with Crippen molar-refractivity contribution in [3.63, 3.8) is 0 Å². The number of carbonyl (C=O) groups is 2. The van der Waals surface area contributed by atoms with E-state index < -0.39 is 0 Å². The van der Waals surface area contributed by atoms with Crippen molar-refractivity contribution in [2.45, 2.75) is 6.92 Å². The number of hydrogen-bond donors (Lipinski definition) is 2. The Bertz CT molecular complexity index is 972. The van der Waals surface area contributed by atoms with Crippen LogP contribution >= 0.6 is 0 Å². The van der Waals surface area contributed by atoms with Crippen molar-refractivity contribution >= 4 is 23.2 Å². The number of amides is 2. The van der Waals surface area contributed by atoms with E-state index in [1.807, 2.05) is 25.1 Å². The molecule has 0 aliphatic carbocycles. The van der Waals surface area contributed by atoms with Crippen LogP contribution in [0.25, 0.3) is 0 Å². The lowest BCUT2D eigenvalue weighted by Crippen LogP contribution is -2.18. The van der Waals surface area contributed by atoms with Crippen LogP contribution in [0, 0.1) is 0 Å². The monoisotopic (exact) mass is 404 g/mol. The lowest BCUT2D eigenvalue weighted by atomic mass is 10.1. The Morgan fingerprint density at radius 2 is 1.47 bits per heavy atom. The van der Waals surface area contributed by atoms with E-state index in [4.69, 9.17) is 9.47 Å². The third kappa shape index (κ3) is 5.93. The lowest BCUT2D eigenvalue weighted by molar-refractivity contribution is 0.102. The molecule has 0 atom stereocenters. The molecule has 0 radical (unpaired) electrons. The molecule has 0 fully saturated rings. The smallest absolute Gasteiger partial charge is 0.257 e. The van der Waals surface area contributed by atoms with Crippen molar-refractivity contribution in [1.82, 2.24) is 0 Å². The first-order valence-corrected chi connectivity index (χ1v) is 9.74. The highest BCUT2D eigenvalue weighted by Gasteiger charge is 2.14. The molecule has 30 heavy (non-hydrogen) atoms. The van der Waals surface area contributed by atoms with Gasteiger partial charge in [0, 0.05) is 17.9 Å². The first-order valence-electron chi connectivity index (χ1n) is 9.74. The summed E-state index contributed by atoms with van der Waals surface area (Å²) in [7, 11) is 0. The first-order chi connectivity index (χ1) is 14.7. The quantitative estimate of drug-likeness (QED) is 0.511. The maximum absolute atomic E-state index is 12.7. The maximum Gasteiger partial charge on any atom is 0.257 e. The van der Waals surface area contributed by atoms with Gasteiger partial charge in [-0.05, 0) is 55.5 Å². The van der Waals surface area contributed by atoms with Gasteiger partial charge in [0.15, 0.2) is 0 Å². The second-order valence-corrected chi connectivity index (χ2v) is 6.39. The van der Waals surface area contributed by atoms with E-state index in [9.17, 15) is 9.59 Å². The van der Waals surface area contributed by atoms with Gasteiger partial charge in [0.2, 0.25) is 0 Å². The molecule has 0 heterocycles. The summed E-state index contributed by atoms with van der Waals surface area (Å²) in [6.45, 7) is 3.54. The van der Waals surface area contributed by atoms with Gasteiger partial charge in [-0.25, -0.2) is 0 Å². The molecule has 0 saturated heterocycles. The number of anilines is 2. The number of para-hydroxylation sites is 2. The Hall–Kier alpha value is -3.64. The largest absolute Gasteiger partial charge is 0.491 e. The van der Waals surface area contributed by atoms with Crippen molar-refractivity contribution in [2.75, 3.05) is 30.5 Å². The number of hydrogen-bond acceptors (Lipinski definition) is 4. The molecule has 0 saturated carbocycles. The molecule has 0 aliphatic rings. The molecular formula is C24H24N2O4. The number of rotatable bonds is 9. The topological polar surface area (TPSA) is 76.7 Å². The Balaban J connectivity index is 1.65. The van der Waals surface area contributed by atoms with Crippen molar-refractivity contribution in [3.8, 4) is 5.75 Å². The highest BCUT2D eigenvalue weighted by atomic mass is 16.5. The molecule has 0 spiro atoms. The van der Waals surface area contributed by atoms with Gasteiger partial charge in [0.05, 0.1) is 17.9 Å². The second-order valence-electron chi connectivity index (χ2n) is 6.39. The summed E-state index contributed by atoms with van der Waals surface area (Å²) >= 11 is 0. The van der Waals surface area contributed by atoms with Crippen LogP contribution in [-0.2, 0) is 4.74 Å². The van der Waals surface area contributed by atoms with E-state index in [0.29, 0.717) is 48.1 Å². The molecule has 6 heteroatoms. The fourth-order valence-electron chi connectivity index (χ4n) is 2.77. The molecule has 3 rings (SSSR count).